The van der Waals surface area contributed by atoms with E-state index in [0.717, 1.165) is 6.42 Å². The van der Waals surface area contributed by atoms with Crippen LogP contribution in [-0.2, 0) is 6.42 Å². The monoisotopic (exact) mass is 257 g/mol. The molecule has 5 nitrogen and oxygen atoms in total. The minimum absolute atomic E-state index is 0.0493. The Morgan fingerprint density at radius 2 is 2.11 bits per heavy atom. The van der Waals surface area contributed by atoms with Gasteiger partial charge < -0.3 is 10.4 Å². The maximum Gasteiger partial charge on any atom is 0.358 e. The number of aromatic carboxylic acids is 1. The number of aryl methyl sites for hydroxylation is 1. The average Bonchev–Trinajstić information content (AvgIpc) is 2.39. The van der Waals surface area contributed by atoms with Gasteiger partial charge in [0.2, 0.25) is 0 Å². The highest BCUT2D eigenvalue weighted by molar-refractivity contribution is 5.90. The lowest BCUT2D eigenvalue weighted by Crippen LogP contribution is -2.12. The molecule has 0 fully saturated rings. The first kappa shape index (κ1) is 13.0. The number of aromatic nitrogens is 2. The van der Waals surface area contributed by atoms with E-state index in [0.29, 0.717) is 12.4 Å². The zero-order valence-corrected chi connectivity index (χ0v) is 10.6. The van der Waals surface area contributed by atoms with Crippen LogP contribution in [0.3, 0.4) is 0 Å². The van der Waals surface area contributed by atoms with Crippen LogP contribution in [0.5, 0.6) is 0 Å². The van der Waals surface area contributed by atoms with Crippen molar-refractivity contribution >= 4 is 11.8 Å². The molecule has 1 heterocycles. The number of nitrogens with zero attached hydrogens (tertiary/aromatic N) is 2. The van der Waals surface area contributed by atoms with Crippen molar-refractivity contribution in [2.24, 2.45) is 0 Å². The predicted octanol–water partition coefficient (Wildman–Crippen LogP) is 2.14. The Hall–Kier alpha value is -2.43. The molecule has 98 valence electrons. The minimum atomic E-state index is -1.08. The lowest BCUT2D eigenvalue weighted by atomic mass is 10.1. The van der Waals surface area contributed by atoms with Crippen LogP contribution >= 0.6 is 0 Å². The molecule has 0 atom stereocenters. The van der Waals surface area contributed by atoms with Gasteiger partial charge in [-0.2, -0.15) is 0 Å². The highest BCUT2D eigenvalue weighted by Crippen LogP contribution is 2.09. The van der Waals surface area contributed by atoms with Gasteiger partial charge in [-0.25, -0.2) is 14.8 Å². The Morgan fingerprint density at radius 1 is 1.32 bits per heavy atom. The first-order valence-corrected chi connectivity index (χ1v) is 6.00. The Bertz CT molecular complexity index is 584. The number of carbonyl (C=O) groups is 1. The second-order valence-corrected chi connectivity index (χ2v) is 4.22. The minimum Gasteiger partial charge on any atom is -0.476 e. The first-order valence-electron chi connectivity index (χ1n) is 6.00. The highest BCUT2D eigenvalue weighted by Gasteiger charge is 2.11. The average molecular weight is 257 g/mol. The van der Waals surface area contributed by atoms with E-state index in [1.807, 2.05) is 25.1 Å². The third-order valence-corrected chi connectivity index (χ3v) is 2.69. The Balaban J connectivity index is 1.98. The topological polar surface area (TPSA) is 75.1 Å². The van der Waals surface area contributed by atoms with Gasteiger partial charge in [0, 0.05) is 18.9 Å². The van der Waals surface area contributed by atoms with Crippen LogP contribution in [0.2, 0.25) is 0 Å². The SMILES string of the molecule is Cc1cccc(CCNc2nccnc2C(=O)O)c1. The van der Waals surface area contributed by atoms with Gasteiger partial charge in [0.25, 0.3) is 0 Å². The van der Waals surface area contributed by atoms with E-state index in [2.05, 4.69) is 21.4 Å². The molecular formula is C14H15N3O2. The number of benzene rings is 1. The lowest BCUT2D eigenvalue weighted by Gasteiger charge is -2.07. The van der Waals surface area contributed by atoms with Gasteiger partial charge in [0.1, 0.15) is 0 Å². The summed E-state index contributed by atoms with van der Waals surface area (Å²) in [6.07, 6.45) is 3.65. The fourth-order valence-electron chi connectivity index (χ4n) is 1.82. The number of rotatable bonds is 5. The van der Waals surface area contributed by atoms with E-state index in [4.69, 9.17) is 5.11 Å². The molecule has 0 aliphatic carbocycles. The van der Waals surface area contributed by atoms with E-state index in [1.165, 1.54) is 23.5 Å². The van der Waals surface area contributed by atoms with Crippen molar-refractivity contribution in [3.05, 3.63) is 53.5 Å². The first-order chi connectivity index (χ1) is 9.16. The van der Waals surface area contributed by atoms with Crippen LogP contribution in [-0.4, -0.2) is 27.6 Å². The Labute approximate surface area is 111 Å². The summed E-state index contributed by atoms with van der Waals surface area (Å²) in [6.45, 7) is 2.66. The van der Waals surface area contributed by atoms with Crippen LogP contribution in [0, 0.1) is 6.92 Å². The quantitative estimate of drug-likeness (QED) is 0.858. The zero-order valence-electron chi connectivity index (χ0n) is 10.6. The summed E-state index contributed by atoms with van der Waals surface area (Å²) in [6, 6.07) is 8.21. The van der Waals surface area contributed by atoms with E-state index in [-0.39, 0.29) is 5.69 Å². The van der Waals surface area contributed by atoms with Crippen molar-refractivity contribution in [1.82, 2.24) is 9.97 Å². The van der Waals surface area contributed by atoms with Gasteiger partial charge in [-0.1, -0.05) is 29.8 Å². The van der Waals surface area contributed by atoms with Crippen molar-refractivity contribution in [3.8, 4) is 0 Å². The van der Waals surface area contributed by atoms with Crippen LogP contribution in [0.1, 0.15) is 21.6 Å². The standard InChI is InChI=1S/C14H15N3O2/c1-10-3-2-4-11(9-10)5-6-16-13-12(14(18)19)15-7-8-17-13/h2-4,7-9H,5-6H2,1H3,(H,16,17)(H,18,19). The summed E-state index contributed by atoms with van der Waals surface area (Å²) < 4.78 is 0. The van der Waals surface area contributed by atoms with Crippen molar-refractivity contribution in [3.63, 3.8) is 0 Å². The fraction of sp³-hybridized carbons (Fsp3) is 0.214. The van der Waals surface area contributed by atoms with Crippen LogP contribution in [0.4, 0.5) is 5.82 Å². The molecule has 2 N–H and O–H groups in total. The van der Waals surface area contributed by atoms with E-state index in [9.17, 15) is 4.79 Å². The number of carboxylic acids is 1. The maximum atomic E-state index is 11.0. The fourth-order valence-corrected chi connectivity index (χ4v) is 1.82. The number of nitrogens with one attached hydrogen (secondary N) is 1. The normalized spacial score (nSPS) is 10.2. The summed E-state index contributed by atoms with van der Waals surface area (Å²) >= 11 is 0. The summed E-state index contributed by atoms with van der Waals surface area (Å²) in [5, 5.41) is 12.0. The third kappa shape index (κ3) is 3.51. The molecular weight excluding hydrogens is 242 g/mol. The van der Waals surface area contributed by atoms with Crippen molar-refractivity contribution in [2.45, 2.75) is 13.3 Å². The molecule has 0 radical (unpaired) electrons. The number of hydrogen-bond acceptors (Lipinski definition) is 4. The molecule has 2 aromatic rings. The molecule has 1 aromatic heterocycles. The summed E-state index contributed by atoms with van der Waals surface area (Å²) in [7, 11) is 0. The summed E-state index contributed by atoms with van der Waals surface area (Å²) in [5.74, 6) is -0.770. The van der Waals surface area contributed by atoms with Crippen LogP contribution in [0.15, 0.2) is 36.7 Å². The van der Waals surface area contributed by atoms with Gasteiger partial charge in [-0.15, -0.1) is 0 Å². The van der Waals surface area contributed by atoms with Crippen molar-refractivity contribution in [1.29, 1.82) is 0 Å². The lowest BCUT2D eigenvalue weighted by molar-refractivity contribution is 0.0691. The zero-order chi connectivity index (χ0) is 13.7. The van der Waals surface area contributed by atoms with Crippen molar-refractivity contribution < 1.29 is 9.90 Å². The molecule has 1 aromatic carbocycles. The maximum absolute atomic E-state index is 11.0. The number of hydrogen-bond donors (Lipinski definition) is 2. The molecule has 5 heteroatoms. The summed E-state index contributed by atoms with van der Waals surface area (Å²) in [5.41, 5.74) is 2.36. The van der Waals surface area contributed by atoms with E-state index < -0.39 is 5.97 Å². The van der Waals surface area contributed by atoms with E-state index >= 15 is 0 Å². The van der Waals surface area contributed by atoms with Gasteiger partial charge in [-0.3, -0.25) is 0 Å². The number of carboxylic acid groups (broad SMARTS) is 1. The Morgan fingerprint density at radius 3 is 2.84 bits per heavy atom. The van der Waals surface area contributed by atoms with Gasteiger partial charge in [0.15, 0.2) is 11.5 Å². The molecule has 2 rings (SSSR count). The van der Waals surface area contributed by atoms with E-state index in [1.54, 1.807) is 0 Å². The molecule has 0 bridgehead atoms. The molecule has 0 spiro atoms. The Kier molecular flexibility index (Phi) is 4.07. The molecule has 0 unspecified atom stereocenters. The van der Waals surface area contributed by atoms with Gasteiger partial charge >= 0.3 is 5.97 Å². The van der Waals surface area contributed by atoms with Crippen LogP contribution < -0.4 is 5.32 Å². The van der Waals surface area contributed by atoms with Crippen LogP contribution in [0.25, 0.3) is 0 Å². The van der Waals surface area contributed by atoms with Crippen molar-refractivity contribution in [2.75, 3.05) is 11.9 Å². The predicted molar refractivity (Wildman–Crippen MR) is 72.4 cm³/mol. The molecule has 0 saturated carbocycles. The molecule has 0 saturated heterocycles. The second-order valence-electron chi connectivity index (χ2n) is 4.22. The molecule has 0 amide bonds. The van der Waals surface area contributed by atoms with Gasteiger partial charge in [-0.05, 0) is 18.9 Å². The smallest absolute Gasteiger partial charge is 0.358 e. The van der Waals surface area contributed by atoms with Gasteiger partial charge in [0.05, 0.1) is 0 Å². The molecule has 0 aliphatic rings. The third-order valence-electron chi connectivity index (χ3n) is 2.69. The second kappa shape index (κ2) is 5.95. The largest absolute Gasteiger partial charge is 0.476 e. The molecule has 19 heavy (non-hydrogen) atoms. The number of anilines is 1. The highest BCUT2D eigenvalue weighted by atomic mass is 16.4. The molecule has 0 aliphatic heterocycles. The summed E-state index contributed by atoms with van der Waals surface area (Å²) in [4.78, 5) is 18.7.